The fourth-order valence-electron chi connectivity index (χ4n) is 2.35. The molecule has 0 fully saturated rings. The average Bonchev–Trinajstić information content (AvgIpc) is 3.05. The van der Waals surface area contributed by atoms with Crippen LogP contribution in [0.5, 0.6) is 0 Å². The number of halogens is 2. The van der Waals surface area contributed by atoms with Gasteiger partial charge in [-0.05, 0) is 71.5 Å². The molecule has 1 amide bonds. The number of aryl methyl sites for hydroxylation is 1. The lowest BCUT2D eigenvalue weighted by atomic mass is 10.2. The highest BCUT2D eigenvalue weighted by atomic mass is 79.9. The molecule has 0 saturated carbocycles. The van der Waals surface area contributed by atoms with E-state index in [9.17, 15) is 9.59 Å². The third-order valence-corrected chi connectivity index (χ3v) is 5.71. The zero-order chi connectivity index (χ0) is 20.4. The number of nitrogens with one attached hydrogen (secondary N) is 1. The van der Waals surface area contributed by atoms with Crippen LogP contribution < -0.4 is 11.1 Å². The van der Waals surface area contributed by atoms with Crippen molar-refractivity contribution in [1.82, 2.24) is 19.4 Å². The Morgan fingerprint density at radius 1 is 1.33 bits per heavy atom. The number of anilines is 1. The van der Waals surface area contributed by atoms with Crippen LogP contribution in [0.1, 0.15) is 43.4 Å². The molecule has 0 bridgehead atoms. The summed E-state index contributed by atoms with van der Waals surface area (Å²) in [7, 11) is 1.80. The van der Waals surface area contributed by atoms with Crippen LogP contribution in [0.4, 0.5) is 10.7 Å². The molecule has 0 aromatic carbocycles. The summed E-state index contributed by atoms with van der Waals surface area (Å²) in [4.78, 5) is 28.5. The van der Waals surface area contributed by atoms with Gasteiger partial charge in [-0.2, -0.15) is 0 Å². The largest absolute Gasteiger partial charge is 0.443 e. The van der Waals surface area contributed by atoms with Crippen LogP contribution in [0.3, 0.4) is 0 Å². The number of aromatic nitrogens is 3. The van der Waals surface area contributed by atoms with Gasteiger partial charge in [-0.1, -0.05) is 0 Å². The van der Waals surface area contributed by atoms with Crippen LogP contribution in [-0.2, 0) is 18.2 Å². The number of imidazole rings is 1. The van der Waals surface area contributed by atoms with Gasteiger partial charge in [-0.25, -0.2) is 14.3 Å². The summed E-state index contributed by atoms with van der Waals surface area (Å²) < 4.78 is 9.85. The smallest absolute Gasteiger partial charge is 0.421 e. The summed E-state index contributed by atoms with van der Waals surface area (Å²) in [6.45, 7) is 5.82. The van der Waals surface area contributed by atoms with E-state index in [1.807, 2.05) is 0 Å². The minimum Gasteiger partial charge on any atom is -0.443 e. The lowest BCUT2D eigenvalue weighted by molar-refractivity contribution is 0.0540. The van der Waals surface area contributed by atoms with E-state index >= 15 is 0 Å². The third-order valence-electron chi connectivity index (χ3n) is 3.62. The molecule has 2 rings (SSSR count). The summed E-state index contributed by atoms with van der Waals surface area (Å²) in [5.74, 6) is -0.0792. The maximum absolute atomic E-state index is 12.2. The lowest BCUT2D eigenvalue weighted by Crippen LogP contribution is -2.27. The molecule has 0 spiro atoms. The Kier molecular flexibility index (Phi) is 6.74. The van der Waals surface area contributed by atoms with Crippen molar-refractivity contribution in [2.45, 2.75) is 39.2 Å². The van der Waals surface area contributed by atoms with Gasteiger partial charge >= 0.3 is 6.09 Å². The third kappa shape index (κ3) is 5.58. The Morgan fingerprint density at radius 2 is 2.00 bits per heavy atom. The summed E-state index contributed by atoms with van der Waals surface area (Å²) >= 11 is 6.77. The summed E-state index contributed by atoms with van der Waals surface area (Å²) in [6, 6.07) is 1.75. The van der Waals surface area contributed by atoms with Crippen molar-refractivity contribution in [2.75, 3.05) is 12.3 Å². The number of carbonyl (C=O) groups is 2. The number of rotatable bonds is 5. The molecule has 2 aromatic heterocycles. The van der Waals surface area contributed by atoms with Crippen molar-refractivity contribution >= 4 is 49.8 Å². The van der Waals surface area contributed by atoms with Crippen molar-refractivity contribution in [1.29, 1.82) is 0 Å². The molecule has 0 aliphatic rings. The Balaban J connectivity index is 1.87. The molecule has 10 heteroatoms. The molecule has 27 heavy (non-hydrogen) atoms. The average molecular weight is 505 g/mol. The normalized spacial score (nSPS) is 11.5. The van der Waals surface area contributed by atoms with Crippen molar-refractivity contribution in [2.24, 2.45) is 7.05 Å². The quantitative estimate of drug-likeness (QED) is 0.606. The predicted molar refractivity (Wildman–Crippen MR) is 110 cm³/mol. The topological polar surface area (TPSA) is 104 Å². The second-order valence-corrected chi connectivity index (χ2v) is 8.63. The molecule has 0 atom stereocenters. The van der Waals surface area contributed by atoms with E-state index in [4.69, 9.17) is 10.5 Å². The van der Waals surface area contributed by atoms with Crippen LogP contribution in [0.2, 0.25) is 0 Å². The van der Waals surface area contributed by atoms with Gasteiger partial charge in [0.15, 0.2) is 0 Å². The monoisotopic (exact) mass is 503 g/mol. The maximum atomic E-state index is 12.2. The summed E-state index contributed by atoms with van der Waals surface area (Å²) in [5, 5.41) is 2.87. The molecule has 0 aliphatic heterocycles. The van der Waals surface area contributed by atoms with E-state index in [2.05, 4.69) is 42.2 Å². The van der Waals surface area contributed by atoms with E-state index in [0.717, 1.165) is 9.08 Å². The highest BCUT2D eigenvalue weighted by molar-refractivity contribution is 9.13. The van der Waals surface area contributed by atoms with Crippen molar-refractivity contribution in [3.63, 3.8) is 0 Å². The van der Waals surface area contributed by atoms with Gasteiger partial charge < -0.3 is 20.4 Å². The predicted octanol–water partition coefficient (Wildman–Crippen LogP) is 3.47. The van der Waals surface area contributed by atoms with Gasteiger partial charge in [0.25, 0.3) is 5.91 Å². The van der Waals surface area contributed by atoms with E-state index < -0.39 is 11.7 Å². The Hall–Kier alpha value is -1.81. The Morgan fingerprint density at radius 3 is 2.56 bits per heavy atom. The van der Waals surface area contributed by atoms with Crippen molar-refractivity contribution in [3.05, 3.63) is 32.7 Å². The van der Waals surface area contributed by atoms with Crippen LogP contribution in [0.15, 0.2) is 21.3 Å². The van der Waals surface area contributed by atoms with Gasteiger partial charge in [0.2, 0.25) is 5.95 Å². The number of carbonyl (C=O) groups excluding carboxylic acids is 2. The second kappa shape index (κ2) is 8.47. The molecule has 3 N–H and O–H groups in total. The number of hydrogen-bond acceptors (Lipinski definition) is 5. The minimum absolute atomic E-state index is 0.0850. The van der Waals surface area contributed by atoms with Gasteiger partial charge in [0.05, 0.1) is 14.8 Å². The van der Waals surface area contributed by atoms with Crippen LogP contribution in [0.25, 0.3) is 0 Å². The summed E-state index contributed by atoms with van der Waals surface area (Å²) in [6.07, 6.45) is 2.23. The lowest BCUT2D eigenvalue weighted by Gasteiger charge is -2.19. The first-order valence-electron chi connectivity index (χ1n) is 8.35. The number of nitrogens with zero attached hydrogens (tertiary/aromatic N) is 3. The maximum Gasteiger partial charge on any atom is 0.421 e. The number of ether oxygens (including phenoxy) is 1. The first-order valence-corrected chi connectivity index (χ1v) is 9.94. The van der Waals surface area contributed by atoms with Crippen molar-refractivity contribution < 1.29 is 14.3 Å². The SMILES string of the molecule is Cn1c(C(=O)NCCCc2cn(C(=O)OC(C)(C)C)c(N)n2)cc(Br)c1Br. The molecule has 0 saturated heterocycles. The number of nitrogens with two attached hydrogens (primary N) is 1. The second-order valence-electron chi connectivity index (χ2n) is 7.03. The molecular formula is C17H23Br2N5O3. The molecule has 0 unspecified atom stereocenters. The fourth-order valence-corrected chi connectivity index (χ4v) is 3.13. The van der Waals surface area contributed by atoms with E-state index in [0.29, 0.717) is 30.8 Å². The molecule has 0 radical (unpaired) electrons. The Bertz CT molecular complexity index is 852. The highest BCUT2D eigenvalue weighted by Crippen LogP contribution is 2.26. The number of hydrogen-bond donors (Lipinski definition) is 2. The zero-order valence-corrected chi connectivity index (χ0v) is 18.8. The van der Waals surface area contributed by atoms with Crippen LogP contribution in [-0.4, -0.2) is 38.3 Å². The highest BCUT2D eigenvalue weighted by Gasteiger charge is 2.20. The molecular weight excluding hydrogens is 482 g/mol. The number of nitrogen functional groups attached to an aromatic ring is 1. The molecule has 2 aromatic rings. The molecule has 148 valence electrons. The van der Waals surface area contributed by atoms with Gasteiger partial charge in [0, 0.05) is 19.8 Å². The number of amides is 1. The van der Waals surface area contributed by atoms with Gasteiger partial charge in [-0.3, -0.25) is 4.79 Å². The summed E-state index contributed by atoms with van der Waals surface area (Å²) in [5.41, 5.74) is 6.39. The van der Waals surface area contributed by atoms with E-state index in [1.54, 1.807) is 44.6 Å². The standard InChI is InChI=1S/C17H23Br2N5O3/c1-17(2,3)27-16(26)24-9-10(22-15(24)20)6-5-7-21-14(25)12-8-11(18)13(19)23(12)4/h8-9H,5-7H2,1-4H3,(H2,20,22)(H,21,25). The van der Waals surface area contributed by atoms with E-state index in [-0.39, 0.29) is 11.9 Å². The fraction of sp³-hybridized carbons (Fsp3) is 0.471. The first-order chi connectivity index (χ1) is 12.5. The van der Waals surface area contributed by atoms with Crippen LogP contribution >= 0.6 is 31.9 Å². The van der Waals surface area contributed by atoms with E-state index in [1.165, 1.54) is 4.57 Å². The molecule has 8 nitrogen and oxygen atoms in total. The molecule has 2 heterocycles. The minimum atomic E-state index is -0.612. The zero-order valence-electron chi connectivity index (χ0n) is 15.7. The van der Waals surface area contributed by atoms with Crippen molar-refractivity contribution in [3.8, 4) is 0 Å². The first kappa shape index (κ1) is 21.5. The Labute approximate surface area is 174 Å². The van der Waals surface area contributed by atoms with Gasteiger partial charge in [-0.15, -0.1) is 0 Å². The van der Waals surface area contributed by atoms with Crippen LogP contribution in [0, 0.1) is 0 Å². The van der Waals surface area contributed by atoms with Gasteiger partial charge in [0.1, 0.15) is 11.3 Å². The molecule has 0 aliphatic carbocycles.